The van der Waals surface area contributed by atoms with E-state index >= 15 is 0 Å². The lowest BCUT2D eigenvalue weighted by Gasteiger charge is -2.23. The van der Waals surface area contributed by atoms with Gasteiger partial charge in [-0.15, -0.1) is 10.2 Å². The second-order valence-electron chi connectivity index (χ2n) is 9.52. The van der Waals surface area contributed by atoms with Crippen LogP contribution >= 0.6 is 34.7 Å². The molecule has 1 fully saturated rings. The molecule has 0 saturated carbocycles. The molecule has 1 N–H and O–H groups in total. The third kappa shape index (κ3) is 6.31. The SMILES string of the molecule is O=C1C(=O)N(c2nnc(SCc3ccc(Cl)cc3)s2)C(c2cccc(OCc3ccccc3)c2)/C1=C(\O)c1ccncc1. The molecule has 5 aromatic rings. The van der Waals surface area contributed by atoms with Gasteiger partial charge in [0.05, 0.1) is 11.6 Å². The number of pyridine rings is 1. The van der Waals surface area contributed by atoms with Gasteiger partial charge >= 0.3 is 5.91 Å². The number of halogens is 1. The molecule has 1 amide bonds. The first-order valence-corrected chi connectivity index (χ1v) is 15.3. The van der Waals surface area contributed by atoms with Gasteiger partial charge in [-0.3, -0.25) is 19.5 Å². The fourth-order valence-corrected chi connectivity index (χ4v) is 6.56. The van der Waals surface area contributed by atoms with Gasteiger partial charge in [0.2, 0.25) is 5.13 Å². The number of carbonyl (C=O) groups is 2. The molecule has 0 bridgehead atoms. The number of Topliss-reactive ketones (excluding diaryl/α,β-unsaturated/α-hetero) is 1. The van der Waals surface area contributed by atoms with Crippen LogP contribution in [-0.4, -0.2) is 32.0 Å². The largest absolute Gasteiger partial charge is 0.507 e. The highest BCUT2D eigenvalue weighted by atomic mass is 35.5. The monoisotopic (exact) mass is 626 g/mol. The second-order valence-corrected chi connectivity index (χ2v) is 12.1. The number of hydrogen-bond donors (Lipinski definition) is 1. The van der Waals surface area contributed by atoms with Gasteiger partial charge in [0.25, 0.3) is 5.78 Å². The number of aliphatic hydroxyl groups excluding tert-OH is 1. The normalized spacial score (nSPS) is 16.0. The van der Waals surface area contributed by atoms with Crippen LogP contribution in [0, 0.1) is 0 Å². The maximum atomic E-state index is 13.6. The van der Waals surface area contributed by atoms with Crippen molar-refractivity contribution in [3.05, 3.63) is 136 Å². The van der Waals surface area contributed by atoms with Crippen LogP contribution in [0.3, 0.4) is 0 Å². The van der Waals surface area contributed by atoms with Crippen LogP contribution in [-0.2, 0) is 21.9 Å². The Morgan fingerprint density at radius 1 is 0.930 bits per heavy atom. The van der Waals surface area contributed by atoms with Crippen molar-refractivity contribution in [3.8, 4) is 5.75 Å². The molecule has 214 valence electrons. The van der Waals surface area contributed by atoms with E-state index in [1.54, 1.807) is 36.4 Å². The summed E-state index contributed by atoms with van der Waals surface area (Å²) in [6, 6.07) is 26.6. The molecule has 0 aliphatic carbocycles. The number of aliphatic hydroxyl groups is 1. The molecule has 0 radical (unpaired) electrons. The van der Waals surface area contributed by atoms with E-state index in [2.05, 4.69) is 15.2 Å². The fourth-order valence-electron chi connectivity index (χ4n) is 4.61. The number of nitrogens with zero attached hydrogens (tertiary/aromatic N) is 4. The number of ketones is 1. The Labute approximate surface area is 260 Å². The summed E-state index contributed by atoms with van der Waals surface area (Å²) in [7, 11) is 0. The fraction of sp³-hybridized carbons (Fsp3) is 0.0938. The minimum atomic E-state index is -0.962. The highest BCUT2D eigenvalue weighted by Crippen LogP contribution is 2.44. The van der Waals surface area contributed by atoms with Gasteiger partial charge in [-0.1, -0.05) is 89.3 Å². The third-order valence-electron chi connectivity index (χ3n) is 6.70. The van der Waals surface area contributed by atoms with E-state index in [1.165, 1.54) is 40.4 Å². The van der Waals surface area contributed by atoms with Crippen molar-refractivity contribution in [3.63, 3.8) is 0 Å². The maximum Gasteiger partial charge on any atom is 0.301 e. The summed E-state index contributed by atoms with van der Waals surface area (Å²) in [6.07, 6.45) is 3.01. The second kappa shape index (κ2) is 12.8. The average molecular weight is 627 g/mol. The minimum absolute atomic E-state index is 0.0537. The van der Waals surface area contributed by atoms with Crippen molar-refractivity contribution in [1.29, 1.82) is 0 Å². The molecular formula is C32H23ClN4O4S2. The summed E-state index contributed by atoms with van der Waals surface area (Å²) >= 11 is 8.66. The van der Waals surface area contributed by atoms with E-state index in [0.29, 0.717) is 38.6 Å². The molecule has 0 spiro atoms. The first-order chi connectivity index (χ1) is 21.0. The zero-order chi connectivity index (χ0) is 29.8. The number of amides is 1. The van der Waals surface area contributed by atoms with Crippen LogP contribution in [0.5, 0.6) is 5.75 Å². The average Bonchev–Trinajstić information content (AvgIpc) is 3.62. The molecule has 43 heavy (non-hydrogen) atoms. The Morgan fingerprint density at radius 3 is 2.47 bits per heavy atom. The van der Waals surface area contributed by atoms with Crippen molar-refractivity contribution >= 4 is 57.3 Å². The molecule has 1 atom stereocenters. The standard InChI is InChI=1S/C32H23ClN4O4S2/c33-24-11-9-21(10-12-24)19-42-32-36-35-31(43-32)37-27(26(29(39)30(37)40)28(38)22-13-15-34-16-14-22)23-7-4-8-25(17-23)41-18-20-5-2-1-3-6-20/h1-17,27,38H,18-19H2/b28-26+. The predicted molar refractivity (Wildman–Crippen MR) is 167 cm³/mol. The van der Waals surface area contributed by atoms with Gasteiger partial charge in [-0.2, -0.15) is 0 Å². The summed E-state index contributed by atoms with van der Waals surface area (Å²) in [4.78, 5) is 32.4. The number of rotatable bonds is 9. The Kier molecular flexibility index (Phi) is 8.50. The van der Waals surface area contributed by atoms with E-state index in [0.717, 1.165) is 11.1 Å². The lowest BCUT2D eigenvalue weighted by molar-refractivity contribution is -0.132. The number of ether oxygens (including phenoxy) is 1. The molecule has 1 aliphatic rings. The first-order valence-electron chi connectivity index (χ1n) is 13.2. The molecule has 6 rings (SSSR count). The molecule has 2 aromatic heterocycles. The lowest BCUT2D eigenvalue weighted by atomic mass is 9.95. The van der Waals surface area contributed by atoms with Gasteiger partial charge in [0, 0.05) is 28.7 Å². The number of aromatic nitrogens is 3. The van der Waals surface area contributed by atoms with E-state index < -0.39 is 17.7 Å². The molecule has 1 aliphatic heterocycles. The molecule has 8 nitrogen and oxygen atoms in total. The summed E-state index contributed by atoms with van der Waals surface area (Å²) in [5.41, 5.74) is 2.93. The zero-order valence-electron chi connectivity index (χ0n) is 22.5. The van der Waals surface area contributed by atoms with E-state index in [9.17, 15) is 14.7 Å². The summed E-state index contributed by atoms with van der Waals surface area (Å²) in [6.45, 7) is 0.339. The highest BCUT2D eigenvalue weighted by Gasteiger charge is 2.48. The van der Waals surface area contributed by atoms with Crippen LogP contribution in [0.15, 0.2) is 113 Å². The highest BCUT2D eigenvalue weighted by molar-refractivity contribution is 8.00. The van der Waals surface area contributed by atoms with Gasteiger partial charge in [-0.05, 0) is 53.1 Å². The van der Waals surface area contributed by atoms with Crippen molar-refractivity contribution in [2.45, 2.75) is 22.7 Å². The van der Waals surface area contributed by atoms with Crippen LogP contribution in [0.25, 0.3) is 5.76 Å². The quantitative estimate of drug-likeness (QED) is 0.0608. The zero-order valence-corrected chi connectivity index (χ0v) is 24.9. The summed E-state index contributed by atoms with van der Waals surface area (Å²) in [5.74, 6) is -0.753. The Bertz CT molecular complexity index is 1800. The van der Waals surface area contributed by atoms with Crippen LogP contribution in [0.2, 0.25) is 5.02 Å². The van der Waals surface area contributed by atoms with Crippen LogP contribution in [0.1, 0.15) is 28.3 Å². The van der Waals surface area contributed by atoms with E-state index in [1.807, 2.05) is 54.6 Å². The first kappa shape index (κ1) is 28.6. The Balaban J connectivity index is 1.35. The molecule has 11 heteroatoms. The lowest BCUT2D eigenvalue weighted by Crippen LogP contribution is -2.29. The third-order valence-corrected chi connectivity index (χ3v) is 9.08. The van der Waals surface area contributed by atoms with Crippen molar-refractivity contribution < 1.29 is 19.4 Å². The Morgan fingerprint density at radius 2 is 1.70 bits per heavy atom. The Hall–Kier alpha value is -4.51. The maximum absolute atomic E-state index is 13.6. The summed E-state index contributed by atoms with van der Waals surface area (Å²) < 4.78 is 6.67. The summed E-state index contributed by atoms with van der Waals surface area (Å²) in [5, 5.41) is 20.8. The van der Waals surface area contributed by atoms with E-state index in [4.69, 9.17) is 16.3 Å². The molecule has 3 heterocycles. The van der Waals surface area contributed by atoms with Crippen molar-refractivity contribution in [1.82, 2.24) is 15.2 Å². The molecule has 1 saturated heterocycles. The number of carbonyl (C=O) groups excluding carboxylic acids is 2. The molecule has 1 unspecified atom stereocenters. The number of benzene rings is 3. The van der Waals surface area contributed by atoms with Gasteiger partial charge in [0.1, 0.15) is 18.1 Å². The predicted octanol–water partition coefficient (Wildman–Crippen LogP) is 7.08. The topological polar surface area (TPSA) is 106 Å². The van der Waals surface area contributed by atoms with Crippen molar-refractivity contribution in [2.75, 3.05) is 4.90 Å². The van der Waals surface area contributed by atoms with E-state index in [-0.39, 0.29) is 16.5 Å². The van der Waals surface area contributed by atoms with Crippen LogP contribution in [0.4, 0.5) is 5.13 Å². The van der Waals surface area contributed by atoms with Crippen LogP contribution < -0.4 is 9.64 Å². The number of hydrogen-bond acceptors (Lipinski definition) is 9. The number of thioether (sulfide) groups is 1. The smallest absolute Gasteiger partial charge is 0.301 e. The van der Waals surface area contributed by atoms with Crippen molar-refractivity contribution in [2.24, 2.45) is 0 Å². The van der Waals surface area contributed by atoms with Gasteiger partial charge in [-0.25, -0.2) is 0 Å². The number of anilines is 1. The van der Waals surface area contributed by atoms with Gasteiger partial charge in [0.15, 0.2) is 4.34 Å². The molecular weight excluding hydrogens is 604 g/mol. The van der Waals surface area contributed by atoms with Gasteiger partial charge < -0.3 is 9.84 Å². The molecule has 3 aromatic carbocycles. The minimum Gasteiger partial charge on any atom is -0.507 e.